The van der Waals surface area contributed by atoms with E-state index in [2.05, 4.69) is 4.74 Å². The number of amides is 1. The van der Waals surface area contributed by atoms with Gasteiger partial charge in [0.2, 0.25) is 5.72 Å². The van der Waals surface area contributed by atoms with E-state index in [1.165, 1.54) is 12.0 Å². The topological polar surface area (TPSA) is 65.1 Å². The summed E-state index contributed by atoms with van der Waals surface area (Å²) in [5.74, 6) is -0.505. The third kappa shape index (κ3) is 2.75. The van der Waals surface area contributed by atoms with Crippen molar-refractivity contribution in [3.63, 3.8) is 0 Å². The first kappa shape index (κ1) is 14.8. The van der Waals surface area contributed by atoms with Crippen LogP contribution in [0.15, 0.2) is 0 Å². The summed E-state index contributed by atoms with van der Waals surface area (Å²) < 4.78 is 15.4. The van der Waals surface area contributed by atoms with Gasteiger partial charge in [0.05, 0.1) is 13.7 Å². The number of hydrogen-bond acceptors (Lipinski definition) is 5. The van der Waals surface area contributed by atoms with Crippen molar-refractivity contribution in [3.05, 3.63) is 0 Å². The molecule has 1 rings (SSSR count). The highest BCUT2D eigenvalue weighted by atomic mass is 16.6. The fourth-order valence-electron chi connectivity index (χ4n) is 2.11. The maximum absolute atomic E-state index is 12.2. The monoisotopic (exact) mass is 259 g/mol. The molecule has 0 unspecified atom stereocenters. The number of rotatable bonds is 5. The molecule has 0 radical (unpaired) electrons. The summed E-state index contributed by atoms with van der Waals surface area (Å²) in [5, 5.41) is 0. The van der Waals surface area contributed by atoms with Crippen LogP contribution in [0.3, 0.4) is 0 Å². The number of likely N-dealkylation sites (tertiary alicyclic amines) is 1. The molecule has 0 spiro atoms. The number of esters is 1. The van der Waals surface area contributed by atoms with Gasteiger partial charge in [-0.05, 0) is 19.8 Å². The fourth-order valence-corrected chi connectivity index (χ4v) is 2.11. The quantitative estimate of drug-likeness (QED) is 0.701. The fraction of sp³-hybridized carbons (Fsp3) is 0.833. The molecule has 0 aliphatic carbocycles. The standard InChI is InChI=1S/C12H21NO5/c1-4-9-17-10(14)12(18-5-2)7-6-8-13(12)11(15)16-3/h4-9H2,1-3H3/t12-/m1/s1. The predicted molar refractivity (Wildman–Crippen MR) is 64.0 cm³/mol. The summed E-state index contributed by atoms with van der Waals surface area (Å²) in [6.45, 7) is 4.78. The van der Waals surface area contributed by atoms with Crippen LogP contribution in [0.25, 0.3) is 0 Å². The summed E-state index contributed by atoms with van der Waals surface area (Å²) in [7, 11) is 1.29. The Kier molecular flexibility index (Phi) is 5.40. The summed E-state index contributed by atoms with van der Waals surface area (Å²) in [5.41, 5.74) is -1.31. The molecule has 0 saturated carbocycles. The highest BCUT2D eigenvalue weighted by Gasteiger charge is 2.52. The number of carbonyl (C=O) groups is 2. The van der Waals surface area contributed by atoms with E-state index >= 15 is 0 Å². The van der Waals surface area contributed by atoms with Crippen LogP contribution in [0, 0.1) is 0 Å². The number of hydrogen-bond donors (Lipinski definition) is 0. The zero-order chi connectivity index (χ0) is 13.6. The first-order valence-electron chi connectivity index (χ1n) is 6.29. The van der Waals surface area contributed by atoms with Crippen molar-refractivity contribution in [2.75, 3.05) is 26.9 Å². The Hall–Kier alpha value is -1.30. The third-order valence-corrected chi connectivity index (χ3v) is 2.87. The number of nitrogens with zero attached hydrogens (tertiary/aromatic N) is 1. The van der Waals surface area contributed by atoms with Crippen LogP contribution >= 0.6 is 0 Å². The van der Waals surface area contributed by atoms with Crippen molar-refractivity contribution < 1.29 is 23.8 Å². The van der Waals surface area contributed by atoms with E-state index in [1.54, 1.807) is 6.92 Å². The van der Waals surface area contributed by atoms with Gasteiger partial charge in [-0.25, -0.2) is 9.59 Å². The molecule has 1 heterocycles. The van der Waals surface area contributed by atoms with E-state index in [9.17, 15) is 9.59 Å². The average molecular weight is 259 g/mol. The van der Waals surface area contributed by atoms with E-state index in [0.717, 1.165) is 6.42 Å². The minimum atomic E-state index is -1.31. The second-order valence-corrected chi connectivity index (χ2v) is 4.08. The molecular formula is C12H21NO5. The molecule has 104 valence electrons. The largest absolute Gasteiger partial charge is 0.462 e. The lowest BCUT2D eigenvalue weighted by molar-refractivity contribution is -0.191. The van der Waals surface area contributed by atoms with E-state index in [0.29, 0.717) is 32.6 Å². The first-order valence-corrected chi connectivity index (χ1v) is 6.29. The summed E-state index contributed by atoms with van der Waals surface area (Å²) in [6.07, 6.45) is 1.30. The highest BCUT2D eigenvalue weighted by molar-refractivity contribution is 5.85. The Bertz CT molecular complexity index is 307. The SMILES string of the molecule is CCCOC(=O)[C@]1(OCC)CCCN1C(=O)OC. The van der Waals surface area contributed by atoms with Gasteiger partial charge in [0.1, 0.15) is 0 Å². The summed E-state index contributed by atoms with van der Waals surface area (Å²) in [4.78, 5) is 25.2. The predicted octanol–water partition coefficient (Wildman–Crippen LogP) is 1.53. The Morgan fingerprint density at radius 3 is 2.61 bits per heavy atom. The molecule has 1 atom stereocenters. The molecule has 1 saturated heterocycles. The van der Waals surface area contributed by atoms with Gasteiger partial charge in [0.25, 0.3) is 0 Å². The second-order valence-electron chi connectivity index (χ2n) is 4.08. The minimum absolute atomic E-state index is 0.322. The van der Waals surface area contributed by atoms with Crippen LogP contribution in [0.4, 0.5) is 4.79 Å². The van der Waals surface area contributed by atoms with Crippen LogP contribution in [0.1, 0.15) is 33.1 Å². The van der Waals surface area contributed by atoms with Crippen molar-refractivity contribution >= 4 is 12.1 Å². The molecule has 0 aromatic heterocycles. The van der Waals surface area contributed by atoms with E-state index < -0.39 is 17.8 Å². The van der Waals surface area contributed by atoms with Crippen molar-refractivity contribution in [1.29, 1.82) is 0 Å². The van der Waals surface area contributed by atoms with Crippen molar-refractivity contribution in [3.8, 4) is 0 Å². The average Bonchev–Trinajstić information content (AvgIpc) is 2.80. The van der Waals surface area contributed by atoms with Gasteiger partial charge in [0, 0.05) is 19.6 Å². The Labute approximate surface area is 107 Å². The van der Waals surface area contributed by atoms with E-state index in [-0.39, 0.29) is 0 Å². The molecular weight excluding hydrogens is 238 g/mol. The smallest absolute Gasteiger partial charge is 0.412 e. The Morgan fingerprint density at radius 2 is 2.06 bits per heavy atom. The van der Waals surface area contributed by atoms with Gasteiger partial charge < -0.3 is 14.2 Å². The van der Waals surface area contributed by atoms with Crippen LogP contribution in [-0.2, 0) is 19.0 Å². The molecule has 6 heteroatoms. The lowest BCUT2D eigenvalue weighted by Crippen LogP contribution is -2.55. The third-order valence-electron chi connectivity index (χ3n) is 2.87. The zero-order valence-corrected chi connectivity index (χ0v) is 11.2. The van der Waals surface area contributed by atoms with Gasteiger partial charge in [-0.3, -0.25) is 4.90 Å². The molecule has 0 N–H and O–H groups in total. The molecule has 1 amide bonds. The van der Waals surface area contributed by atoms with Crippen LogP contribution in [0.5, 0.6) is 0 Å². The maximum atomic E-state index is 12.2. The van der Waals surface area contributed by atoms with Gasteiger partial charge in [-0.1, -0.05) is 6.92 Å². The van der Waals surface area contributed by atoms with E-state index in [4.69, 9.17) is 9.47 Å². The molecule has 1 aliphatic heterocycles. The minimum Gasteiger partial charge on any atom is -0.462 e. The molecule has 0 bridgehead atoms. The van der Waals surface area contributed by atoms with Crippen LogP contribution in [0.2, 0.25) is 0 Å². The van der Waals surface area contributed by atoms with Gasteiger partial charge in [-0.2, -0.15) is 0 Å². The number of methoxy groups -OCH3 is 1. The molecule has 0 aromatic carbocycles. The van der Waals surface area contributed by atoms with Crippen molar-refractivity contribution in [2.45, 2.75) is 38.8 Å². The Morgan fingerprint density at radius 1 is 1.33 bits per heavy atom. The summed E-state index contributed by atoms with van der Waals surface area (Å²) >= 11 is 0. The lowest BCUT2D eigenvalue weighted by Gasteiger charge is -2.34. The highest BCUT2D eigenvalue weighted by Crippen LogP contribution is 2.32. The van der Waals surface area contributed by atoms with Gasteiger partial charge >= 0.3 is 12.1 Å². The van der Waals surface area contributed by atoms with Gasteiger partial charge in [0.15, 0.2) is 0 Å². The van der Waals surface area contributed by atoms with Crippen LogP contribution in [-0.4, -0.2) is 49.6 Å². The molecule has 6 nitrogen and oxygen atoms in total. The normalized spacial score (nSPS) is 22.9. The van der Waals surface area contributed by atoms with Gasteiger partial charge in [-0.15, -0.1) is 0 Å². The summed E-state index contributed by atoms with van der Waals surface area (Å²) in [6, 6.07) is 0. The lowest BCUT2D eigenvalue weighted by atomic mass is 10.1. The molecule has 0 aromatic rings. The Balaban J connectivity index is 2.90. The van der Waals surface area contributed by atoms with Crippen molar-refractivity contribution in [1.82, 2.24) is 4.90 Å². The maximum Gasteiger partial charge on any atom is 0.412 e. The second kappa shape index (κ2) is 6.58. The number of carbonyl (C=O) groups excluding carboxylic acids is 2. The molecule has 1 aliphatic rings. The van der Waals surface area contributed by atoms with Crippen molar-refractivity contribution in [2.24, 2.45) is 0 Å². The molecule has 18 heavy (non-hydrogen) atoms. The van der Waals surface area contributed by atoms with Crippen LogP contribution < -0.4 is 0 Å². The molecule has 1 fully saturated rings. The van der Waals surface area contributed by atoms with E-state index in [1.807, 2.05) is 6.92 Å². The number of ether oxygens (including phenoxy) is 3. The first-order chi connectivity index (χ1) is 8.62. The zero-order valence-electron chi connectivity index (χ0n) is 11.2.